The largest absolute Gasteiger partial charge is 0.497 e. The number of benzene rings is 2. The number of halogens is 4. The molecule has 0 fully saturated rings. The summed E-state index contributed by atoms with van der Waals surface area (Å²) < 4.78 is 55.4. The van der Waals surface area contributed by atoms with Crippen LogP contribution >= 0.6 is 22.9 Å². The molecule has 0 spiro atoms. The number of alkyl halides is 3. The standard InChI is InChI=1S/C23H17ClF3N3O4S/c1-12(20(31)30-22-29-18-8-7-16(32-2)10-19(18)35-22)33-14-3-5-15(6-4-14)34-21-17(24)9-13(11-28-21)23(25,26)27/h3-12H,1-2H3,(H,29,30,31). The molecule has 35 heavy (non-hydrogen) atoms. The first-order valence-electron chi connectivity index (χ1n) is 10.0. The summed E-state index contributed by atoms with van der Waals surface area (Å²) in [6.07, 6.45) is -4.76. The number of rotatable bonds is 7. The van der Waals surface area contributed by atoms with Crippen LogP contribution in [-0.2, 0) is 11.0 Å². The van der Waals surface area contributed by atoms with E-state index < -0.39 is 23.8 Å². The smallest absolute Gasteiger partial charge is 0.417 e. The first kappa shape index (κ1) is 24.6. The molecule has 0 aliphatic heterocycles. The van der Waals surface area contributed by atoms with E-state index in [9.17, 15) is 18.0 Å². The predicted octanol–water partition coefficient (Wildman–Crippen LogP) is 6.57. The quantitative estimate of drug-likeness (QED) is 0.295. The van der Waals surface area contributed by atoms with Gasteiger partial charge in [0.1, 0.15) is 22.3 Å². The Hall–Kier alpha value is -3.57. The van der Waals surface area contributed by atoms with Crippen molar-refractivity contribution in [2.75, 3.05) is 12.4 Å². The first-order chi connectivity index (χ1) is 16.6. The van der Waals surface area contributed by atoms with Crippen LogP contribution in [-0.4, -0.2) is 29.1 Å². The average Bonchev–Trinajstić information content (AvgIpc) is 3.22. The second-order valence-corrected chi connectivity index (χ2v) is 8.62. The maximum atomic E-state index is 12.7. The normalized spacial score (nSPS) is 12.3. The maximum absolute atomic E-state index is 12.7. The second-order valence-electron chi connectivity index (χ2n) is 7.18. The van der Waals surface area contributed by atoms with Gasteiger partial charge in [0.2, 0.25) is 5.88 Å². The summed E-state index contributed by atoms with van der Waals surface area (Å²) >= 11 is 7.17. The summed E-state index contributed by atoms with van der Waals surface area (Å²) in [7, 11) is 1.57. The lowest BCUT2D eigenvalue weighted by atomic mass is 10.3. The molecular weight excluding hydrogens is 507 g/mol. The van der Waals surface area contributed by atoms with Crippen molar-refractivity contribution in [3.05, 3.63) is 65.3 Å². The minimum absolute atomic E-state index is 0.172. The van der Waals surface area contributed by atoms with Crippen LogP contribution in [0.3, 0.4) is 0 Å². The van der Waals surface area contributed by atoms with Gasteiger partial charge in [0.05, 0.1) is 22.9 Å². The fourth-order valence-electron chi connectivity index (χ4n) is 2.90. The Kier molecular flexibility index (Phi) is 6.99. The molecule has 0 saturated carbocycles. The van der Waals surface area contributed by atoms with Crippen LogP contribution in [0, 0.1) is 0 Å². The third-order valence-electron chi connectivity index (χ3n) is 4.68. The highest BCUT2D eigenvalue weighted by molar-refractivity contribution is 7.22. The molecule has 0 aliphatic carbocycles. The summed E-state index contributed by atoms with van der Waals surface area (Å²) in [5.41, 5.74) is -0.241. The number of amides is 1. The van der Waals surface area contributed by atoms with Crippen LogP contribution in [0.5, 0.6) is 23.1 Å². The van der Waals surface area contributed by atoms with Crippen LogP contribution in [0.4, 0.5) is 18.3 Å². The van der Waals surface area contributed by atoms with Crippen LogP contribution in [0.2, 0.25) is 5.02 Å². The molecule has 1 amide bonds. The van der Waals surface area contributed by atoms with E-state index in [4.69, 9.17) is 25.8 Å². The number of anilines is 1. The Morgan fingerprint density at radius 1 is 1.09 bits per heavy atom. The summed E-state index contributed by atoms with van der Waals surface area (Å²) in [5, 5.41) is 2.88. The van der Waals surface area contributed by atoms with E-state index in [2.05, 4.69) is 15.3 Å². The lowest BCUT2D eigenvalue weighted by Gasteiger charge is -2.14. The number of nitrogens with zero attached hydrogens (tertiary/aromatic N) is 2. The molecule has 0 saturated heterocycles. The minimum Gasteiger partial charge on any atom is -0.497 e. The van der Waals surface area contributed by atoms with Gasteiger partial charge in [0, 0.05) is 6.20 Å². The molecule has 0 aliphatic rings. The van der Waals surface area contributed by atoms with Gasteiger partial charge in [-0.25, -0.2) is 9.97 Å². The predicted molar refractivity (Wildman–Crippen MR) is 126 cm³/mol. The lowest BCUT2D eigenvalue weighted by molar-refractivity contribution is -0.137. The van der Waals surface area contributed by atoms with Gasteiger partial charge in [-0.2, -0.15) is 13.2 Å². The van der Waals surface area contributed by atoms with Crippen molar-refractivity contribution in [1.29, 1.82) is 0 Å². The number of carbonyl (C=O) groups is 1. The molecular formula is C23H17ClF3N3O4S. The van der Waals surface area contributed by atoms with Crippen molar-refractivity contribution in [2.24, 2.45) is 0 Å². The van der Waals surface area contributed by atoms with Crippen LogP contribution in [0.25, 0.3) is 10.2 Å². The zero-order chi connectivity index (χ0) is 25.2. The third kappa shape index (κ3) is 5.92. The van der Waals surface area contributed by atoms with Gasteiger partial charge in [-0.1, -0.05) is 22.9 Å². The van der Waals surface area contributed by atoms with E-state index in [1.54, 1.807) is 38.3 Å². The van der Waals surface area contributed by atoms with Crippen LogP contribution in [0.1, 0.15) is 12.5 Å². The maximum Gasteiger partial charge on any atom is 0.417 e. The third-order valence-corrected chi connectivity index (χ3v) is 5.89. The van der Waals surface area contributed by atoms with Gasteiger partial charge >= 0.3 is 6.18 Å². The van der Waals surface area contributed by atoms with Gasteiger partial charge in [-0.3, -0.25) is 10.1 Å². The molecule has 0 bridgehead atoms. The molecule has 2 aromatic carbocycles. The molecule has 0 radical (unpaired) electrons. The van der Waals surface area contributed by atoms with E-state index in [1.165, 1.54) is 23.5 Å². The fraction of sp³-hybridized carbons (Fsp3) is 0.174. The number of thiazole rings is 1. The molecule has 2 heterocycles. The van der Waals surface area contributed by atoms with Crippen LogP contribution in [0.15, 0.2) is 54.7 Å². The Morgan fingerprint density at radius 2 is 1.77 bits per heavy atom. The average molecular weight is 524 g/mol. The lowest BCUT2D eigenvalue weighted by Crippen LogP contribution is -2.30. The van der Waals surface area contributed by atoms with Gasteiger partial charge in [-0.05, 0) is 55.5 Å². The number of aromatic nitrogens is 2. The van der Waals surface area contributed by atoms with E-state index in [0.717, 1.165) is 16.3 Å². The molecule has 1 unspecified atom stereocenters. The number of fused-ring (bicyclic) bond motifs is 1. The Bertz CT molecular complexity index is 1360. The molecule has 1 atom stereocenters. The van der Waals surface area contributed by atoms with Crippen molar-refractivity contribution in [3.8, 4) is 23.1 Å². The summed E-state index contributed by atoms with van der Waals surface area (Å²) in [6, 6.07) is 12.3. The topological polar surface area (TPSA) is 82.6 Å². The van der Waals surface area contributed by atoms with Crippen molar-refractivity contribution < 1.29 is 32.2 Å². The van der Waals surface area contributed by atoms with Gasteiger partial charge in [0.15, 0.2) is 11.2 Å². The van der Waals surface area contributed by atoms with Gasteiger partial charge in [-0.15, -0.1) is 0 Å². The summed E-state index contributed by atoms with van der Waals surface area (Å²) in [5.74, 6) is 0.778. The molecule has 4 aromatic rings. The van der Waals surface area contributed by atoms with Crippen molar-refractivity contribution in [2.45, 2.75) is 19.2 Å². The van der Waals surface area contributed by atoms with Crippen molar-refractivity contribution in [1.82, 2.24) is 9.97 Å². The fourth-order valence-corrected chi connectivity index (χ4v) is 4.01. The number of ether oxygens (including phenoxy) is 3. The molecule has 2 aromatic heterocycles. The monoisotopic (exact) mass is 523 g/mol. The minimum atomic E-state index is -4.56. The number of carbonyl (C=O) groups excluding carboxylic acids is 1. The molecule has 4 rings (SSSR count). The van der Waals surface area contributed by atoms with Crippen molar-refractivity contribution in [3.63, 3.8) is 0 Å². The Labute approximate surface area is 206 Å². The summed E-state index contributed by atoms with van der Waals surface area (Å²) in [6.45, 7) is 1.59. The molecule has 12 heteroatoms. The van der Waals surface area contributed by atoms with Gasteiger partial charge in [0.25, 0.3) is 5.91 Å². The highest BCUT2D eigenvalue weighted by Gasteiger charge is 2.31. The molecule has 7 nitrogen and oxygen atoms in total. The molecule has 1 N–H and O–H groups in total. The van der Waals surface area contributed by atoms with E-state index in [0.29, 0.717) is 22.8 Å². The number of methoxy groups -OCH3 is 1. The number of hydrogen-bond acceptors (Lipinski definition) is 7. The number of hydrogen-bond donors (Lipinski definition) is 1. The van der Waals surface area contributed by atoms with E-state index >= 15 is 0 Å². The number of nitrogens with one attached hydrogen (secondary N) is 1. The zero-order valence-corrected chi connectivity index (χ0v) is 19.8. The Balaban J connectivity index is 1.36. The van der Waals surface area contributed by atoms with E-state index in [-0.39, 0.29) is 16.7 Å². The van der Waals surface area contributed by atoms with Crippen LogP contribution < -0.4 is 19.5 Å². The van der Waals surface area contributed by atoms with Gasteiger partial charge < -0.3 is 14.2 Å². The molecule has 182 valence electrons. The highest BCUT2D eigenvalue weighted by atomic mass is 35.5. The first-order valence-corrected chi connectivity index (χ1v) is 11.2. The van der Waals surface area contributed by atoms with Crippen molar-refractivity contribution >= 4 is 44.2 Å². The Morgan fingerprint density at radius 3 is 2.43 bits per heavy atom. The van der Waals surface area contributed by atoms with E-state index in [1.807, 2.05) is 6.07 Å². The zero-order valence-electron chi connectivity index (χ0n) is 18.2. The highest BCUT2D eigenvalue weighted by Crippen LogP contribution is 2.35. The summed E-state index contributed by atoms with van der Waals surface area (Å²) in [4.78, 5) is 20.5. The SMILES string of the molecule is COc1ccc2nc(NC(=O)C(C)Oc3ccc(Oc4ncc(C(F)(F)F)cc4Cl)cc3)sc2c1. The number of pyridine rings is 1. The second kappa shape index (κ2) is 9.96.